The van der Waals surface area contributed by atoms with Crippen LogP contribution in [0, 0.1) is 13.8 Å². The number of carbonyl (C=O) groups excluding carboxylic acids is 1. The van der Waals surface area contributed by atoms with Gasteiger partial charge in [0.1, 0.15) is 11.5 Å². The average molecular weight is 375 g/mol. The summed E-state index contributed by atoms with van der Waals surface area (Å²) in [5.74, 6) is -0.168. The van der Waals surface area contributed by atoms with Crippen molar-refractivity contribution >= 4 is 22.9 Å². The number of fused-ring (bicyclic) bond motifs is 2. The van der Waals surface area contributed by atoms with Gasteiger partial charge >= 0.3 is 6.18 Å². The molecule has 4 heterocycles. The number of nitrogens with zero attached hydrogens (tertiary/aromatic N) is 6. The van der Waals surface area contributed by atoms with Crippen molar-refractivity contribution in [2.45, 2.75) is 20.0 Å². The lowest BCUT2D eigenvalue weighted by atomic mass is 10.3. The predicted molar refractivity (Wildman–Crippen MR) is 88.4 cm³/mol. The standard InChI is InChI=1S/C16H12F3N7O/c1-8-6-12(16(17,18)19)26-13(20-8)7-11(24-26)15(27)22-10-4-3-5-25-14(10)21-9(2)23-25/h3-7H,1-2H3,(H,22,27). The normalized spacial score (nSPS) is 12.0. The molecule has 0 aliphatic heterocycles. The number of alkyl halides is 3. The van der Waals surface area contributed by atoms with Crippen LogP contribution in [0.1, 0.15) is 27.7 Å². The summed E-state index contributed by atoms with van der Waals surface area (Å²) in [6, 6.07) is 5.35. The van der Waals surface area contributed by atoms with E-state index in [-0.39, 0.29) is 17.0 Å². The first-order valence-electron chi connectivity index (χ1n) is 7.80. The number of hydrogen-bond acceptors (Lipinski definition) is 5. The second-order valence-corrected chi connectivity index (χ2v) is 5.88. The van der Waals surface area contributed by atoms with Crippen LogP contribution >= 0.6 is 0 Å². The Bertz CT molecular complexity index is 1190. The van der Waals surface area contributed by atoms with Crippen LogP contribution in [0.25, 0.3) is 11.3 Å². The van der Waals surface area contributed by atoms with Crippen LogP contribution in [0.3, 0.4) is 0 Å². The Balaban J connectivity index is 1.75. The Kier molecular flexibility index (Phi) is 3.61. The molecule has 27 heavy (non-hydrogen) atoms. The fraction of sp³-hybridized carbons (Fsp3) is 0.188. The van der Waals surface area contributed by atoms with Gasteiger partial charge in [-0.1, -0.05) is 0 Å². The molecule has 138 valence electrons. The highest BCUT2D eigenvalue weighted by molar-refractivity contribution is 6.05. The van der Waals surface area contributed by atoms with Gasteiger partial charge in [0.25, 0.3) is 5.91 Å². The van der Waals surface area contributed by atoms with Gasteiger partial charge in [-0.25, -0.2) is 19.0 Å². The Morgan fingerprint density at radius 2 is 1.93 bits per heavy atom. The summed E-state index contributed by atoms with van der Waals surface area (Å²) >= 11 is 0. The molecular weight excluding hydrogens is 363 g/mol. The van der Waals surface area contributed by atoms with E-state index in [2.05, 4.69) is 25.5 Å². The molecule has 0 aromatic carbocycles. The molecule has 1 amide bonds. The zero-order chi connectivity index (χ0) is 19.3. The Morgan fingerprint density at radius 3 is 2.67 bits per heavy atom. The van der Waals surface area contributed by atoms with E-state index < -0.39 is 17.8 Å². The topological polar surface area (TPSA) is 89.5 Å². The van der Waals surface area contributed by atoms with Crippen LogP contribution in [0.4, 0.5) is 18.9 Å². The minimum absolute atomic E-state index is 0.0657. The molecule has 0 radical (unpaired) electrons. The molecule has 4 aromatic heterocycles. The Morgan fingerprint density at radius 1 is 1.15 bits per heavy atom. The zero-order valence-corrected chi connectivity index (χ0v) is 14.1. The zero-order valence-electron chi connectivity index (χ0n) is 14.1. The summed E-state index contributed by atoms with van der Waals surface area (Å²) in [7, 11) is 0. The van der Waals surface area contributed by atoms with Gasteiger partial charge < -0.3 is 5.32 Å². The van der Waals surface area contributed by atoms with E-state index >= 15 is 0 Å². The average Bonchev–Trinajstić information content (AvgIpc) is 3.16. The summed E-state index contributed by atoms with van der Waals surface area (Å²) in [4.78, 5) is 20.7. The van der Waals surface area contributed by atoms with Crippen LogP contribution in [0.2, 0.25) is 0 Å². The van der Waals surface area contributed by atoms with Crippen LogP contribution < -0.4 is 5.32 Å². The molecule has 0 saturated carbocycles. The molecule has 0 saturated heterocycles. The van der Waals surface area contributed by atoms with E-state index in [0.717, 1.165) is 6.07 Å². The first-order valence-corrected chi connectivity index (χ1v) is 7.80. The maximum absolute atomic E-state index is 13.2. The smallest absolute Gasteiger partial charge is 0.317 e. The fourth-order valence-electron chi connectivity index (χ4n) is 2.71. The molecule has 1 N–H and O–H groups in total. The predicted octanol–water partition coefficient (Wildman–Crippen LogP) is 2.66. The lowest BCUT2D eigenvalue weighted by molar-refractivity contribution is -0.142. The van der Waals surface area contributed by atoms with Gasteiger partial charge in [-0.3, -0.25) is 4.79 Å². The summed E-state index contributed by atoms with van der Waals surface area (Å²) in [5, 5.41) is 10.5. The van der Waals surface area contributed by atoms with Gasteiger partial charge in [-0.2, -0.15) is 23.4 Å². The number of pyridine rings is 1. The first-order chi connectivity index (χ1) is 12.7. The van der Waals surface area contributed by atoms with E-state index in [0.29, 0.717) is 21.7 Å². The number of nitrogens with one attached hydrogen (secondary N) is 1. The van der Waals surface area contributed by atoms with Crippen molar-refractivity contribution in [1.82, 2.24) is 29.2 Å². The molecule has 4 rings (SSSR count). The number of carbonyl (C=O) groups is 1. The molecule has 11 heteroatoms. The van der Waals surface area contributed by atoms with Gasteiger partial charge in [-0.05, 0) is 32.0 Å². The van der Waals surface area contributed by atoms with Crippen molar-refractivity contribution in [1.29, 1.82) is 0 Å². The van der Waals surface area contributed by atoms with Gasteiger partial charge in [0.2, 0.25) is 0 Å². The van der Waals surface area contributed by atoms with Gasteiger partial charge in [0.15, 0.2) is 17.0 Å². The minimum Gasteiger partial charge on any atom is -0.317 e. The molecule has 8 nitrogen and oxygen atoms in total. The molecule has 0 unspecified atom stereocenters. The number of amides is 1. The van der Waals surface area contributed by atoms with Crippen LogP contribution in [-0.4, -0.2) is 35.1 Å². The monoisotopic (exact) mass is 375 g/mol. The van der Waals surface area contributed by atoms with E-state index in [1.807, 2.05) is 0 Å². The Labute approximate surface area is 149 Å². The number of aryl methyl sites for hydroxylation is 2. The Hall–Kier alpha value is -3.50. The molecule has 0 aliphatic rings. The van der Waals surface area contributed by atoms with Crippen LogP contribution in [0.5, 0.6) is 0 Å². The number of aromatic nitrogens is 6. The second kappa shape index (κ2) is 5.76. The van der Waals surface area contributed by atoms with Crippen molar-refractivity contribution in [3.8, 4) is 0 Å². The number of hydrogen-bond donors (Lipinski definition) is 1. The highest BCUT2D eigenvalue weighted by atomic mass is 19.4. The summed E-state index contributed by atoms with van der Waals surface area (Å²) in [6.45, 7) is 3.14. The SMILES string of the molecule is Cc1cc(C(F)(F)F)n2nc(C(=O)Nc3cccn4nc(C)nc34)cc2n1. The van der Waals surface area contributed by atoms with Crippen LogP contribution in [-0.2, 0) is 6.18 Å². The summed E-state index contributed by atoms with van der Waals surface area (Å²) < 4.78 is 41.8. The molecule has 0 fully saturated rings. The molecule has 0 aliphatic carbocycles. The number of halogens is 3. The molecular formula is C16H12F3N7O. The van der Waals surface area contributed by atoms with Crippen molar-refractivity contribution in [3.63, 3.8) is 0 Å². The van der Waals surface area contributed by atoms with Crippen molar-refractivity contribution in [2.75, 3.05) is 5.32 Å². The van der Waals surface area contributed by atoms with Gasteiger partial charge in [0.05, 0.1) is 5.69 Å². The third kappa shape index (κ3) is 2.96. The highest BCUT2D eigenvalue weighted by Crippen LogP contribution is 2.30. The maximum Gasteiger partial charge on any atom is 0.433 e. The van der Waals surface area contributed by atoms with Crippen LogP contribution in [0.15, 0.2) is 30.5 Å². The van der Waals surface area contributed by atoms with Crippen molar-refractivity contribution in [3.05, 3.63) is 53.4 Å². The minimum atomic E-state index is -4.63. The third-order valence-electron chi connectivity index (χ3n) is 3.79. The molecule has 4 aromatic rings. The third-order valence-corrected chi connectivity index (χ3v) is 3.79. The number of anilines is 1. The highest BCUT2D eigenvalue weighted by Gasteiger charge is 2.35. The maximum atomic E-state index is 13.2. The molecule has 0 atom stereocenters. The quantitative estimate of drug-likeness (QED) is 0.582. The summed E-state index contributed by atoms with van der Waals surface area (Å²) in [6.07, 6.45) is -2.96. The first kappa shape index (κ1) is 16.9. The lowest BCUT2D eigenvalue weighted by Gasteiger charge is -2.09. The number of rotatable bonds is 2. The molecule has 0 bridgehead atoms. The fourth-order valence-corrected chi connectivity index (χ4v) is 2.71. The van der Waals surface area contributed by atoms with Crippen molar-refractivity contribution < 1.29 is 18.0 Å². The van der Waals surface area contributed by atoms with E-state index in [1.165, 1.54) is 17.5 Å². The van der Waals surface area contributed by atoms with Crippen molar-refractivity contribution in [2.24, 2.45) is 0 Å². The van der Waals surface area contributed by atoms with E-state index in [1.54, 1.807) is 25.3 Å². The van der Waals surface area contributed by atoms with E-state index in [9.17, 15) is 18.0 Å². The molecule has 0 spiro atoms. The van der Waals surface area contributed by atoms with Gasteiger partial charge in [-0.15, -0.1) is 0 Å². The lowest BCUT2D eigenvalue weighted by Crippen LogP contribution is -2.16. The largest absolute Gasteiger partial charge is 0.433 e. The second-order valence-electron chi connectivity index (χ2n) is 5.88. The van der Waals surface area contributed by atoms with E-state index in [4.69, 9.17) is 0 Å². The van der Waals surface area contributed by atoms with Gasteiger partial charge in [0, 0.05) is 18.0 Å². The summed E-state index contributed by atoms with van der Waals surface area (Å²) in [5.41, 5.74) is -0.317.